The van der Waals surface area contributed by atoms with Crippen LogP contribution in [0.4, 0.5) is 5.69 Å². The van der Waals surface area contributed by atoms with Gasteiger partial charge in [0, 0.05) is 12.1 Å². The molecule has 0 aliphatic carbocycles. The quantitative estimate of drug-likeness (QED) is 0.424. The number of non-ortho nitro benzene ring substituents is 1. The van der Waals surface area contributed by atoms with Gasteiger partial charge in [-0.25, -0.2) is 5.43 Å². The SMILES string of the molecule is O=C(N/N=C/c1cc([N+](=O)[O-])ccc1[O-])c1cc2ccccc2cc1O. The molecule has 8 nitrogen and oxygen atoms in total. The van der Waals surface area contributed by atoms with Crippen molar-refractivity contribution >= 4 is 28.6 Å². The van der Waals surface area contributed by atoms with Crippen molar-refractivity contribution in [2.45, 2.75) is 0 Å². The molecule has 0 saturated carbocycles. The maximum atomic E-state index is 12.2. The number of benzene rings is 3. The van der Waals surface area contributed by atoms with Crippen molar-refractivity contribution in [1.82, 2.24) is 5.43 Å². The first-order valence-corrected chi connectivity index (χ1v) is 7.46. The van der Waals surface area contributed by atoms with Crippen molar-refractivity contribution in [3.63, 3.8) is 0 Å². The van der Waals surface area contributed by atoms with E-state index < -0.39 is 16.6 Å². The summed E-state index contributed by atoms with van der Waals surface area (Å²) in [5.74, 6) is -1.36. The number of carbonyl (C=O) groups is 1. The molecule has 26 heavy (non-hydrogen) atoms. The summed E-state index contributed by atoms with van der Waals surface area (Å²) >= 11 is 0. The van der Waals surface area contributed by atoms with Crippen molar-refractivity contribution in [1.29, 1.82) is 0 Å². The number of rotatable bonds is 4. The molecule has 0 aliphatic heterocycles. The van der Waals surface area contributed by atoms with Gasteiger partial charge in [-0.05, 0) is 28.5 Å². The molecular formula is C18H12N3O5-. The van der Waals surface area contributed by atoms with Crippen molar-refractivity contribution < 1.29 is 19.9 Å². The average molecular weight is 350 g/mol. The lowest BCUT2D eigenvalue weighted by Gasteiger charge is -2.09. The molecule has 0 saturated heterocycles. The summed E-state index contributed by atoms with van der Waals surface area (Å²) in [5, 5.41) is 37.6. The molecule has 8 heteroatoms. The highest BCUT2D eigenvalue weighted by Crippen LogP contribution is 2.25. The molecular weight excluding hydrogens is 338 g/mol. The van der Waals surface area contributed by atoms with E-state index in [1.54, 1.807) is 18.2 Å². The summed E-state index contributed by atoms with van der Waals surface area (Å²) in [6.45, 7) is 0. The van der Waals surface area contributed by atoms with Crippen LogP contribution in [0.3, 0.4) is 0 Å². The Kier molecular flexibility index (Phi) is 4.48. The summed E-state index contributed by atoms with van der Waals surface area (Å²) in [5.41, 5.74) is 1.91. The number of hydrogen-bond donors (Lipinski definition) is 2. The third-order valence-electron chi connectivity index (χ3n) is 3.68. The fourth-order valence-electron chi connectivity index (χ4n) is 2.38. The summed E-state index contributed by atoms with van der Waals surface area (Å²) in [7, 11) is 0. The van der Waals surface area contributed by atoms with Gasteiger partial charge in [0.15, 0.2) is 0 Å². The number of carbonyl (C=O) groups excluding carboxylic acids is 1. The lowest BCUT2D eigenvalue weighted by molar-refractivity contribution is -0.385. The van der Waals surface area contributed by atoms with Crippen molar-refractivity contribution in [2.75, 3.05) is 0 Å². The van der Waals surface area contributed by atoms with E-state index in [4.69, 9.17) is 0 Å². The van der Waals surface area contributed by atoms with Gasteiger partial charge in [-0.1, -0.05) is 36.1 Å². The standard InChI is InChI=1S/C18H13N3O5/c22-16-6-5-14(21(25)26)7-13(16)10-19-20-18(24)15-8-11-3-1-2-4-12(11)9-17(15)23/h1-10,22-23H,(H,20,24)/p-1/b19-10+. The van der Waals surface area contributed by atoms with E-state index in [1.807, 2.05) is 6.07 Å². The molecule has 0 bridgehead atoms. The Bertz CT molecular complexity index is 1050. The molecule has 3 aromatic carbocycles. The summed E-state index contributed by atoms with van der Waals surface area (Å²) in [4.78, 5) is 22.3. The monoisotopic (exact) mass is 350 g/mol. The number of fused-ring (bicyclic) bond motifs is 1. The molecule has 3 aromatic rings. The molecule has 0 radical (unpaired) electrons. The van der Waals surface area contributed by atoms with Gasteiger partial charge in [0.05, 0.1) is 16.7 Å². The number of hydrazone groups is 1. The van der Waals surface area contributed by atoms with Crippen LogP contribution in [0.2, 0.25) is 0 Å². The maximum absolute atomic E-state index is 12.2. The Morgan fingerprint density at radius 3 is 2.50 bits per heavy atom. The third kappa shape index (κ3) is 3.44. The molecule has 0 aromatic heterocycles. The number of nitro groups is 1. The fourth-order valence-corrected chi connectivity index (χ4v) is 2.38. The molecule has 3 rings (SSSR count). The first kappa shape index (κ1) is 16.9. The molecule has 0 fully saturated rings. The van der Waals surface area contributed by atoms with Gasteiger partial charge in [0.1, 0.15) is 5.75 Å². The Balaban J connectivity index is 1.81. The lowest BCUT2D eigenvalue weighted by Crippen LogP contribution is -2.18. The third-order valence-corrected chi connectivity index (χ3v) is 3.68. The number of hydrogen-bond acceptors (Lipinski definition) is 6. The zero-order valence-electron chi connectivity index (χ0n) is 13.2. The maximum Gasteiger partial charge on any atom is 0.275 e. The van der Waals surface area contributed by atoms with Crippen LogP contribution in [0.1, 0.15) is 15.9 Å². The van der Waals surface area contributed by atoms with Crippen LogP contribution in [-0.4, -0.2) is 22.2 Å². The van der Waals surface area contributed by atoms with E-state index in [0.717, 1.165) is 35.2 Å². The van der Waals surface area contributed by atoms with Crippen LogP contribution in [0.15, 0.2) is 59.7 Å². The zero-order chi connectivity index (χ0) is 18.7. The molecule has 130 valence electrons. The summed E-state index contributed by atoms with van der Waals surface area (Å²) < 4.78 is 0. The van der Waals surface area contributed by atoms with Gasteiger partial charge >= 0.3 is 0 Å². The van der Waals surface area contributed by atoms with E-state index in [-0.39, 0.29) is 22.6 Å². The van der Waals surface area contributed by atoms with Crippen LogP contribution in [0.25, 0.3) is 10.8 Å². The molecule has 0 unspecified atom stereocenters. The number of amides is 1. The highest BCUT2D eigenvalue weighted by Gasteiger charge is 2.12. The second-order valence-corrected chi connectivity index (χ2v) is 5.39. The first-order chi connectivity index (χ1) is 12.5. The zero-order valence-corrected chi connectivity index (χ0v) is 13.2. The van der Waals surface area contributed by atoms with Gasteiger partial charge in [-0.15, -0.1) is 0 Å². The lowest BCUT2D eigenvalue weighted by atomic mass is 10.1. The number of nitro benzene ring substituents is 1. The molecule has 0 aliphatic rings. The summed E-state index contributed by atoms with van der Waals surface area (Å²) in [6, 6.07) is 13.4. The second kappa shape index (κ2) is 6.89. The van der Waals surface area contributed by atoms with Crippen LogP contribution >= 0.6 is 0 Å². The normalized spacial score (nSPS) is 10.9. The second-order valence-electron chi connectivity index (χ2n) is 5.39. The Hall–Kier alpha value is -3.94. The van der Waals surface area contributed by atoms with E-state index in [0.29, 0.717) is 0 Å². The van der Waals surface area contributed by atoms with E-state index in [9.17, 15) is 25.1 Å². The van der Waals surface area contributed by atoms with E-state index >= 15 is 0 Å². The van der Waals surface area contributed by atoms with Gasteiger partial charge in [0.25, 0.3) is 11.6 Å². The number of aromatic hydroxyl groups is 1. The van der Waals surface area contributed by atoms with Crippen molar-refractivity contribution in [3.8, 4) is 11.5 Å². The molecule has 0 heterocycles. The number of nitrogens with one attached hydrogen (secondary N) is 1. The predicted molar refractivity (Wildman–Crippen MR) is 93.2 cm³/mol. The smallest absolute Gasteiger partial charge is 0.275 e. The summed E-state index contributed by atoms with van der Waals surface area (Å²) in [6.07, 6.45) is 1.02. The Morgan fingerprint density at radius 1 is 1.12 bits per heavy atom. The first-order valence-electron chi connectivity index (χ1n) is 7.46. The molecule has 2 N–H and O–H groups in total. The Morgan fingerprint density at radius 2 is 1.81 bits per heavy atom. The minimum atomic E-state index is -0.678. The minimum absolute atomic E-state index is 0.0160. The molecule has 1 amide bonds. The number of phenolic OH excluding ortho intramolecular Hbond substituents is 1. The van der Waals surface area contributed by atoms with E-state index in [2.05, 4.69) is 10.5 Å². The molecule has 0 atom stereocenters. The van der Waals surface area contributed by atoms with Crippen molar-refractivity contribution in [2.24, 2.45) is 5.10 Å². The minimum Gasteiger partial charge on any atom is -0.872 e. The van der Waals surface area contributed by atoms with Gasteiger partial charge in [0.2, 0.25) is 0 Å². The Labute approximate surface area is 147 Å². The van der Waals surface area contributed by atoms with Gasteiger partial charge in [-0.3, -0.25) is 14.9 Å². The highest BCUT2D eigenvalue weighted by molar-refractivity contribution is 6.01. The van der Waals surface area contributed by atoms with Gasteiger partial charge in [-0.2, -0.15) is 5.10 Å². The largest absolute Gasteiger partial charge is 0.872 e. The van der Waals surface area contributed by atoms with Crippen LogP contribution < -0.4 is 10.5 Å². The van der Waals surface area contributed by atoms with Crippen molar-refractivity contribution in [3.05, 3.63) is 75.8 Å². The average Bonchev–Trinajstić information content (AvgIpc) is 2.62. The highest BCUT2D eigenvalue weighted by atomic mass is 16.6. The molecule has 0 spiro atoms. The van der Waals surface area contributed by atoms with Gasteiger partial charge < -0.3 is 10.2 Å². The van der Waals surface area contributed by atoms with Crippen LogP contribution in [0.5, 0.6) is 11.5 Å². The fraction of sp³-hybridized carbons (Fsp3) is 0. The van der Waals surface area contributed by atoms with E-state index in [1.165, 1.54) is 12.1 Å². The van der Waals surface area contributed by atoms with Crippen LogP contribution in [0, 0.1) is 10.1 Å². The number of phenols is 1. The van der Waals surface area contributed by atoms with Crippen LogP contribution in [-0.2, 0) is 0 Å². The predicted octanol–water partition coefficient (Wildman–Crippen LogP) is 2.29. The topological polar surface area (TPSA) is 128 Å². The number of nitrogens with zero attached hydrogens (tertiary/aromatic N) is 2.